The average Bonchev–Trinajstić information content (AvgIpc) is 2.13. The third kappa shape index (κ3) is 9.49. The lowest BCUT2D eigenvalue weighted by atomic mass is 10.4. The Morgan fingerprint density at radius 2 is 1.92 bits per heavy atom. The van der Waals surface area contributed by atoms with Crippen LogP contribution >= 0.6 is 11.8 Å². The first-order valence-electron chi connectivity index (χ1n) is 4.42. The molecule has 0 radical (unpaired) electrons. The van der Waals surface area contributed by atoms with Gasteiger partial charge in [-0.1, -0.05) is 0 Å². The van der Waals surface area contributed by atoms with E-state index in [9.17, 15) is 4.79 Å². The van der Waals surface area contributed by atoms with Crippen molar-refractivity contribution in [1.29, 1.82) is 0 Å². The van der Waals surface area contributed by atoms with Crippen LogP contribution in [0.1, 0.15) is 12.8 Å². The lowest BCUT2D eigenvalue weighted by Gasteiger charge is -2.05. The Hall–Kier alpha value is -0.420. The fourth-order valence-corrected chi connectivity index (χ4v) is 1.19. The average molecular weight is 206 g/mol. The van der Waals surface area contributed by atoms with Crippen molar-refractivity contribution >= 4 is 17.8 Å². The highest BCUT2D eigenvalue weighted by Gasteiger charge is 1.96. The molecule has 0 fully saturated rings. The van der Waals surface area contributed by atoms with Gasteiger partial charge >= 0.3 is 6.03 Å². The van der Waals surface area contributed by atoms with Gasteiger partial charge in [0.1, 0.15) is 0 Å². The minimum Gasteiger partial charge on any atom is -0.396 e. The largest absolute Gasteiger partial charge is 0.396 e. The smallest absolute Gasteiger partial charge is 0.314 e. The van der Waals surface area contributed by atoms with Gasteiger partial charge in [0.2, 0.25) is 0 Å². The molecule has 0 bridgehead atoms. The topological polar surface area (TPSA) is 61.4 Å². The van der Waals surface area contributed by atoms with Gasteiger partial charge in [0, 0.05) is 19.7 Å². The van der Waals surface area contributed by atoms with Gasteiger partial charge in [-0.2, -0.15) is 11.8 Å². The van der Waals surface area contributed by atoms with Crippen LogP contribution in [-0.2, 0) is 0 Å². The lowest BCUT2D eigenvalue weighted by Crippen LogP contribution is -2.36. The molecule has 0 aliphatic carbocycles. The molecule has 0 heterocycles. The maximum absolute atomic E-state index is 11.0. The number of hydrogen-bond acceptors (Lipinski definition) is 3. The standard InChI is InChI=1S/C8H18N2O2S/c1-13-7-3-5-10-8(12)9-4-2-6-11/h11H,2-7H2,1H3,(H2,9,10,12). The van der Waals surface area contributed by atoms with E-state index in [-0.39, 0.29) is 12.6 Å². The van der Waals surface area contributed by atoms with E-state index < -0.39 is 0 Å². The van der Waals surface area contributed by atoms with E-state index in [2.05, 4.69) is 10.6 Å². The summed E-state index contributed by atoms with van der Waals surface area (Å²) in [5.74, 6) is 1.07. The number of amides is 2. The van der Waals surface area contributed by atoms with Crippen molar-refractivity contribution in [3.8, 4) is 0 Å². The molecule has 0 aromatic heterocycles. The summed E-state index contributed by atoms with van der Waals surface area (Å²) in [4.78, 5) is 11.0. The number of aliphatic hydroxyl groups is 1. The Morgan fingerprint density at radius 1 is 1.31 bits per heavy atom. The summed E-state index contributed by atoms with van der Waals surface area (Å²) in [6.07, 6.45) is 3.65. The van der Waals surface area contributed by atoms with Crippen LogP contribution in [0.4, 0.5) is 4.79 Å². The zero-order valence-corrected chi connectivity index (χ0v) is 8.82. The van der Waals surface area contributed by atoms with Crippen molar-refractivity contribution < 1.29 is 9.90 Å². The quantitative estimate of drug-likeness (QED) is 0.529. The van der Waals surface area contributed by atoms with Crippen molar-refractivity contribution in [2.45, 2.75) is 12.8 Å². The van der Waals surface area contributed by atoms with Crippen molar-refractivity contribution in [3.63, 3.8) is 0 Å². The van der Waals surface area contributed by atoms with Gasteiger partial charge in [0.15, 0.2) is 0 Å². The van der Waals surface area contributed by atoms with Crippen LogP contribution in [0.3, 0.4) is 0 Å². The van der Waals surface area contributed by atoms with Crippen LogP contribution in [0.5, 0.6) is 0 Å². The molecular weight excluding hydrogens is 188 g/mol. The molecule has 5 heteroatoms. The Labute approximate surface area is 83.5 Å². The minimum atomic E-state index is -0.144. The summed E-state index contributed by atoms with van der Waals surface area (Å²) in [5, 5.41) is 13.8. The van der Waals surface area contributed by atoms with Crippen LogP contribution in [-0.4, -0.2) is 42.8 Å². The Morgan fingerprint density at radius 3 is 2.46 bits per heavy atom. The lowest BCUT2D eigenvalue weighted by molar-refractivity contribution is 0.238. The highest BCUT2D eigenvalue weighted by Crippen LogP contribution is 1.92. The van der Waals surface area contributed by atoms with Gasteiger partial charge in [-0.15, -0.1) is 0 Å². The molecule has 3 N–H and O–H groups in total. The van der Waals surface area contributed by atoms with Crippen LogP contribution < -0.4 is 10.6 Å². The second kappa shape index (κ2) is 9.67. The number of carbonyl (C=O) groups is 1. The molecule has 0 aliphatic heterocycles. The summed E-state index contributed by atoms with van der Waals surface area (Å²) in [5.41, 5.74) is 0. The highest BCUT2D eigenvalue weighted by atomic mass is 32.2. The number of aliphatic hydroxyl groups excluding tert-OH is 1. The monoisotopic (exact) mass is 206 g/mol. The number of thioether (sulfide) groups is 1. The van der Waals surface area contributed by atoms with Crippen LogP contribution in [0.15, 0.2) is 0 Å². The molecule has 0 spiro atoms. The third-order valence-corrected chi connectivity index (χ3v) is 2.13. The molecule has 0 rings (SSSR count). The number of carbonyl (C=O) groups excluding carboxylic acids is 1. The number of hydrogen-bond donors (Lipinski definition) is 3. The number of nitrogens with one attached hydrogen (secondary N) is 2. The molecule has 0 saturated heterocycles. The summed E-state index contributed by atoms with van der Waals surface area (Å²) in [6.45, 7) is 1.36. The fraction of sp³-hybridized carbons (Fsp3) is 0.875. The first-order valence-corrected chi connectivity index (χ1v) is 5.82. The normalized spacial score (nSPS) is 9.69. The van der Waals surface area contributed by atoms with Gasteiger partial charge in [0.25, 0.3) is 0 Å². The van der Waals surface area contributed by atoms with Gasteiger partial charge < -0.3 is 15.7 Å². The molecule has 0 saturated carbocycles. The van der Waals surface area contributed by atoms with Crippen LogP contribution in [0.25, 0.3) is 0 Å². The summed E-state index contributed by atoms with van der Waals surface area (Å²) in [6, 6.07) is -0.144. The summed E-state index contributed by atoms with van der Waals surface area (Å²) < 4.78 is 0. The second-order valence-electron chi connectivity index (χ2n) is 2.61. The van der Waals surface area contributed by atoms with Gasteiger partial charge in [-0.05, 0) is 24.9 Å². The van der Waals surface area contributed by atoms with E-state index >= 15 is 0 Å². The maximum Gasteiger partial charge on any atom is 0.314 e. The van der Waals surface area contributed by atoms with Crippen LogP contribution in [0, 0.1) is 0 Å². The maximum atomic E-state index is 11.0. The molecular formula is C8H18N2O2S. The van der Waals surface area contributed by atoms with Crippen LogP contribution in [0.2, 0.25) is 0 Å². The second-order valence-corrected chi connectivity index (χ2v) is 3.59. The third-order valence-electron chi connectivity index (χ3n) is 1.43. The Bertz CT molecular complexity index is 133. The van der Waals surface area contributed by atoms with Gasteiger partial charge in [0.05, 0.1) is 0 Å². The molecule has 0 atom stereocenters. The first kappa shape index (κ1) is 12.6. The summed E-state index contributed by atoms with van der Waals surface area (Å²) in [7, 11) is 0. The van der Waals surface area contributed by atoms with Crippen molar-refractivity contribution in [2.24, 2.45) is 0 Å². The van der Waals surface area contributed by atoms with E-state index in [1.807, 2.05) is 6.26 Å². The zero-order chi connectivity index (χ0) is 9.94. The van der Waals surface area contributed by atoms with Gasteiger partial charge in [-0.3, -0.25) is 0 Å². The molecule has 4 nitrogen and oxygen atoms in total. The molecule has 13 heavy (non-hydrogen) atoms. The van der Waals surface area contributed by atoms with E-state index in [4.69, 9.17) is 5.11 Å². The highest BCUT2D eigenvalue weighted by molar-refractivity contribution is 7.98. The zero-order valence-electron chi connectivity index (χ0n) is 8.01. The first-order chi connectivity index (χ1) is 6.31. The predicted octanol–water partition coefficient (Wildman–Crippen LogP) is 0.421. The minimum absolute atomic E-state index is 0.118. The predicted molar refractivity (Wildman–Crippen MR) is 56.1 cm³/mol. The van der Waals surface area contributed by atoms with E-state index in [1.165, 1.54) is 0 Å². The number of urea groups is 1. The molecule has 78 valence electrons. The molecule has 0 aliphatic rings. The van der Waals surface area contributed by atoms with Crippen molar-refractivity contribution in [2.75, 3.05) is 31.7 Å². The number of rotatable bonds is 7. The van der Waals surface area contributed by atoms with Crippen molar-refractivity contribution in [3.05, 3.63) is 0 Å². The van der Waals surface area contributed by atoms with E-state index in [0.29, 0.717) is 19.5 Å². The molecule has 0 unspecified atom stereocenters. The SMILES string of the molecule is CSCCCNC(=O)NCCCO. The van der Waals surface area contributed by atoms with E-state index in [0.717, 1.165) is 12.2 Å². The molecule has 0 aromatic carbocycles. The Balaban J connectivity index is 3.11. The Kier molecular flexibility index (Phi) is 9.35. The summed E-state index contributed by atoms with van der Waals surface area (Å²) >= 11 is 1.77. The molecule has 0 aromatic rings. The fourth-order valence-electron chi connectivity index (χ4n) is 0.762. The van der Waals surface area contributed by atoms with Gasteiger partial charge in [-0.25, -0.2) is 4.79 Å². The van der Waals surface area contributed by atoms with Crippen molar-refractivity contribution in [1.82, 2.24) is 10.6 Å². The van der Waals surface area contributed by atoms with E-state index in [1.54, 1.807) is 11.8 Å². The molecule has 2 amide bonds.